The van der Waals surface area contributed by atoms with Crippen LogP contribution >= 0.6 is 11.6 Å². The van der Waals surface area contributed by atoms with Crippen LogP contribution in [0.2, 0.25) is 5.02 Å². The van der Waals surface area contributed by atoms with Crippen LogP contribution in [0, 0.1) is 0 Å². The molecule has 13 heteroatoms. The Morgan fingerprint density at radius 3 is 2.32 bits per heavy atom. The summed E-state index contributed by atoms with van der Waals surface area (Å²) in [7, 11) is 0. The van der Waals surface area contributed by atoms with E-state index >= 15 is 0 Å². The fraction of sp³-hybridized carbons (Fsp3) is 0.333. The average Bonchev–Trinajstić information content (AvgIpc) is 2.98. The number of rotatable bonds is 5. The van der Waals surface area contributed by atoms with Crippen molar-refractivity contribution in [1.82, 2.24) is 25.0 Å². The van der Waals surface area contributed by atoms with E-state index in [0.29, 0.717) is 6.07 Å². The van der Waals surface area contributed by atoms with Crippen LogP contribution < -0.4 is 4.74 Å². The van der Waals surface area contributed by atoms with Gasteiger partial charge in [-0.25, -0.2) is 14.6 Å². The lowest BCUT2D eigenvalue weighted by Gasteiger charge is -2.12. The molecular formula is C15H10ClF6N5O. The number of hydrogen-bond acceptors (Lipinski definition) is 5. The van der Waals surface area contributed by atoms with Crippen LogP contribution in [0.4, 0.5) is 26.3 Å². The summed E-state index contributed by atoms with van der Waals surface area (Å²) in [6, 6.07) is 1.12. The summed E-state index contributed by atoms with van der Waals surface area (Å²) in [6.07, 6.45) is -8.13. The van der Waals surface area contributed by atoms with Gasteiger partial charge in [0.25, 0.3) is 0 Å². The topological polar surface area (TPSA) is 65.7 Å². The molecule has 0 N–H and O–H groups in total. The van der Waals surface area contributed by atoms with Crippen LogP contribution in [0.5, 0.6) is 11.8 Å². The molecule has 0 amide bonds. The van der Waals surface area contributed by atoms with Gasteiger partial charge in [-0.3, -0.25) is 0 Å². The van der Waals surface area contributed by atoms with Crippen LogP contribution in [0.25, 0.3) is 11.0 Å². The Bertz CT molecular complexity index is 970. The van der Waals surface area contributed by atoms with E-state index in [1.807, 2.05) is 0 Å². The van der Waals surface area contributed by atoms with Gasteiger partial charge in [-0.15, -0.1) is 5.10 Å². The first kappa shape index (κ1) is 20.1. The highest BCUT2D eigenvalue weighted by atomic mass is 35.5. The van der Waals surface area contributed by atoms with E-state index in [4.69, 9.17) is 16.3 Å². The fourth-order valence-corrected chi connectivity index (χ4v) is 2.45. The molecule has 0 aliphatic rings. The summed E-state index contributed by atoms with van der Waals surface area (Å²) in [5.74, 6) is -0.343. The van der Waals surface area contributed by atoms with Crippen LogP contribution in [-0.2, 0) is 12.7 Å². The molecule has 0 saturated heterocycles. The molecule has 0 saturated carbocycles. The molecule has 3 rings (SSSR count). The van der Waals surface area contributed by atoms with Crippen molar-refractivity contribution < 1.29 is 31.1 Å². The second kappa shape index (κ2) is 7.41. The first-order chi connectivity index (χ1) is 13.0. The standard InChI is InChI=1S/C15H10ClF6N5O/c16-9-6-23-13(24-7-9)28-11-5-8(15(20,21)22)4-10-12(11)27(26-25-10)3-1-2-14(17,18)19/h4-7H,1-3H2. The van der Waals surface area contributed by atoms with Crippen molar-refractivity contribution in [3.63, 3.8) is 0 Å². The number of fused-ring (bicyclic) bond motifs is 1. The lowest BCUT2D eigenvalue weighted by atomic mass is 10.1. The zero-order chi connectivity index (χ0) is 20.5. The molecule has 0 radical (unpaired) electrons. The molecule has 0 atom stereocenters. The van der Waals surface area contributed by atoms with E-state index in [1.165, 1.54) is 12.4 Å². The lowest BCUT2D eigenvalue weighted by molar-refractivity contribution is -0.138. The van der Waals surface area contributed by atoms with Crippen molar-refractivity contribution in [3.8, 4) is 11.8 Å². The van der Waals surface area contributed by atoms with Gasteiger partial charge in [-0.05, 0) is 18.6 Å². The fourth-order valence-electron chi connectivity index (χ4n) is 2.35. The van der Waals surface area contributed by atoms with Crippen molar-refractivity contribution in [1.29, 1.82) is 0 Å². The van der Waals surface area contributed by atoms with Gasteiger partial charge >= 0.3 is 18.4 Å². The molecule has 3 aromatic rings. The number of aromatic nitrogens is 5. The Morgan fingerprint density at radius 1 is 1.04 bits per heavy atom. The maximum absolute atomic E-state index is 13.1. The molecule has 2 heterocycles. The van der Waals surface area contributed by atoms with Gasteiger partial charge in [0.05, 0.1) is 23.0 Å². The van der Waals surface area contributed by atoms with Gasteiger partial charge in [0.1, 0.15) is 11.0 Å². The first-order valence-electron chi connectivity index (χ1n) is 7.69. The summed E-state index contributed by atoms with van der Waals surface area (Å²) in [5.41, 5.74) is -1.26. The average molecular weight is 426 g/mol. The number of halogens is 7. The third-order valence-corrected chi connectivity index (χ3v) is 3.72. The van der Waals surface area contributed by atoms with E-state index in [0.717, 1.165) is 10.7 Å². The molecule has 0 aliphatic heterocycles. The first-order valence-corrected chi connectivity index (χ1v) is 8.07. The predicted molar refractivity (Wildman–Crippen MR) is 84.9 cm³/mol. The number of alkyl halides is 6. The number of nitrogens with zero attached hydrogens (tertiary/aromatic N) is 5. The molecule has 6 nitrogen and oxygen atoms in total. The minimum atomic E-state index is -4.70. The third kappa shape index (κ3) is 4.80. The van der Waals surface area contributed by atoms with E-state index in [1.54, 1.807) is 0 Å². The molecule has 2 aromatic heterocycles. The maximum atomic E-state index is 13.1. The number of benzene rings is 1. The molecule has 0 spiro atoms. The summed E-state index contributed by atoms with van der Waals surface area (Å²) in [6.45, 7) is -0.223. The van der Waals surface area contributed by atoms with E-state index in [9.17, 15) is 26.3 Å². The van der Waals surface area contributed by atoms with Crippen molar-refractivity contribution in [2.24, 2.45) is 0 Å². The minimum absolute atomic E-state index is 0.00581. The Kier molecular flexibility index (Phi) is 5.33. The minimum Gasteiger partial charge on any atom is -0.422 e. The van der Waals surface area contributed by atoms with Crippen molar-refractivity contribution in [2.45, 2.75) is 31.7 Å². The smallest absolute Gasteiger partial charge is 0.416 e. The SMILES string of the molecule is FC(F)(F)CCCn1nnc2cc(C(F)(F)F)cc(Oc3ncc(Cl)cn3)c21. The van der Waals surface area contributed by atoms with Crippen LogP contribution in [0.15, 0.2) is 24.5 Å². The van der Waals surface area contributed by atoms with Gasteiger partial charge in [0, 0.05) is 13.0 Å². The second-order valence-corrected chi connectivity index (χ2v) is 6.09. The molecule has 0 fully saturated rings. The normalized spacial score (nSPS) is 12.5. The summed E-state index contributed by atoms with van der Waals surface area (Å²) >= 11 is 5.65. The molecule has 28 heavy (non-hydrogen) atoms. The van der Waals surface area contributed by atoms with Crippen molar-refractivity contribution in [2.75, 3.05) is 0 Å². The number of ether oxygens (including phenoxy) is 1. The number of aryl methyl sites for hydroxylation is 1. The van der Waals surface area contributed by atoms with E-state index in [2.05, 4.69) is 20.3 Å². The molecule has 0 bridgehead atoms. The van der Waals surface area contributed by atoms with Gasteiger partial charge in [0.2, 0.25) is 0 Å². The number of hydrogen-bond donors (Lipinski definition) is 0. The summed E-state index contributed by atoms with van der Waals surface area (Å²) in [5, 5.41) is 7.44. The Labute approximate surface area is 158 Å². The monoisotopic (exact) mass is 425 g/mol. The zero-order valence-electron chi connectivity index (χ0n) is 13.7. The molecule has 1 aromatic carbocycles. The third-order valence-electron chi connectivity index (χ3n) is 3.53. The summed E-state index contributed by atoms with van der Waals surface area (Å²) in [4.78, 5) is 7.47. The highest BCUT2D eigenvalue weighted by Crippen LogP contribution is 2.37. The second-order valence-electron chi connectivity index (χ2n) is 5.66. The molecule has 150 valence electrons. The van der Waals surface area contributed by atoms with E-state index in [-0.39, 0.29) is 40.8 Å². The van der Waals surface area contributed by atoms with E-state index < -0.39 is 24.3 Å². The van der Waals surface area contributed by atoms with Gasteiger partial charge in [-0.2, -0.15) is 26.3 Å². The Balaban J connectivity index is 2.01. The quantitative estimate of drug-likeness (QED) is 0.536. The molecule has 0 unspecified atom stereocenters. The van der Waals surface area contributed by atoms with Crippen molar-refractivity contribution in [3.05, 3.63) is 35.1 Å². The lowest BCUT2D eigenvalue weighted by Crippen LogP contribution is -2.10. The maximum Gasteiger partial charge on any atom is 0.416 e. The van der Waals surface area contributed by atoms with Gasteiger partial charge in [0.15, 0.2) is 5.75 Å². The highest BCUT2D eigenvalue weighted by molar-refractivity contribution is 6.30. The van der Waals surface area contributed by atoms with Crippen LogP contribution in [0.1, 0.15) is 18.4 Å². The zero-order valence-corrected chi connectivity index (χ0v) is 14.5. The molecular weight excluding hydrogens is 416 g/mol. The molecule has 0 aliphatic carbocycles. The van der Waals surface area contributed by atoms with Crippen LogP contribution in [0.3, 0.4) is 0 Å². The largest absolute Gasteiger partial charge is 0.422 e. The van der Waals surface area contributed by atoms with Crippen LogP contribution in [-0.4, -0.2) is 31.1 Å². The van der Waals surface area contributed by atoms with Gasteiger partial charge in [-0.1, -0.05) is 16.8 Å². The highest BCUT2D eigenvalue weighted by Gasteiger charge is 2.33. The van der Waals surface area contributed by atoms with Gasteiger partial charge < -0.3 is 4.74 Å². The summed E-state index contributed by atoms with van der Waals surface area (Å²) < 4.78 is 82.9. The Morgan fingerprint density at radius 2 is 1.71 bits per heavy atom. The predicted octanol–water partition coefficient (Wildman–Crippen LogP) is 5.03. The van der Waals surface area contributed by atoms with Crippen molar-refractivity contribution >= 4 is 22.6 Å². The Hall–Kier alpha value is -2.63.